The maximum absolute atomic E-state index is 12.6. The van der Waals surface area contributed by atoms with Crippen molar-refractivity contribution in [3.05, 3.63) is 29.8 Å². The van der Waals surface area contributed by atoms with Gasteiger partial charge in [0.2, 0.25) is 5.91 Å². The van der Waals surface area contributed by atoms with Crippen LogP contribution in [0.1, 0.15) is 65.9 Å². The van der Waals surface area contributed by atoms with Crippen LogP contribution in [0.3, 0.4) is 0 Å². The Morgan fingerprint density at radius 2 is 1.84 bits per heavy atom. The van der Waals surface area contributed by atoms with Gasteiger partial charge in [0, 0.05) is 24.2 Å². The number of ether oxygens (including phenoxy) is 1. The molecule has 1 aromatic carbocycles. The smallest absolute Gasteiger partial charge is 0.321 e. The maximum Gasteiger partial charge on any atom is 0.321 e. The highest BCUT2D eigenvalue weighted by Gasteiger charge is 2.38. The van der Waals surface area contributed by atoms with Gasteiger partial charge in [0.1, 0.15) is 0 Å². The predicted octanol–water partition coefficient (Wildman–Crippen LogP) is 3.11. The average molecular weight is 432 g/mol. The lowest BCUT2D eigenvalue weighted by atomic mass is 9.96. The average Bonchev–Trinajstić information content (AvgIpc) is 3.07. The number of imide groups is 1. The first-order valence-corrected chi connectivity index (χ1v) is 10.7. The summed E-state index contributed by atoms with van der Waals surface area (Å²) in [4.78, 5) is 50.8. The van der Waals surface area contributed by atoms with Gasteiger partial charge in [-0.05, 0) is 51.7 Å². The van der Waals surface area contributed by atoms with Crippen molar-refractivity contribution in [1.82, 2.24) is 10.6 Å². The molecule has 1 aliphatic rings. The third kappa shape index (κ3) is 6.54. The number of para-hydroxylation sites is 1. The largest absolute Gasteiger partial charge is 0.452 e. The quantitative estimate of drug-likeness (QED) is 0.674. The minimum Gasteiger partial charge on any atom is -0.452 e. The summed E-state index contributed by atoms with van der Waals surface area (Å²) in [6.07, 6.45) is -0.207. The Bertz CT molecular complexity index is 846. The van der Waals surface area contributed by atoms with Gasteiger partial charge in [0.25, 0.3) is 5.91 Å². The van der Waals surface area contributed by atoms with Gasteiger partial charge in [-0.1, -0.05) is 32.0 Å². The number of hydrogen-bond acceptors (Lipinski definition) is 5. The number of benzene rings is 1. The highest BCUT2D eigenvalue weighted by Crippen LogP contribution is 2.33. The summed E-state index contributed by atoms with van der Waals surface area (Å²) in [7, 11) is 0. The number of hydrogen-bond donors (Lipinski definition) is 2. The molecule has 0 unspecified atom stereocenters. The second kappa shape index (κ2) is 9.94. The predicted molar refractivity (Wildman–Crippen MR) is 118 cm³/mol. The minimum atomic E-state index is -1.16. The summed E-state index contributed by atoms with van der Waals surface area (Å²) < 4.78 is 5.25. The van der Waals surface area contributed by atoms with E-state index in [-0.39, 0.29) is 24.8 Å². The molecule has 2 rings (SSSR count). The van der Waals surface area contributed by atoms with Crippen molar-refractivity contribution < 1.29 is 23.9 Å². The number of nitrogens with one attached hydrogen (secondary N) is 2. The van der Waals surface area contributed by atoms with Crippen LogP contribution in [0.5, 0.6) is 0 Å². The van der Waals surface area contributed by atoms with Gasteiger partial charge in [0.15, 0.2) is 6.10 Å². The molecule has 0 aliphatic carbocycles. The van der Waals surface area contributed by atoms with Crippen molar-refractivity contribution in [3.8, 4) is 0 Å². The van der Waals surface area contributed by atoms with Crippen LogP contribution in [0, 0.1) is 5.92 Å². The summed E-state index contributed by atoms with van der Waals surface area (Å²) in [5.41, 5.74) is 1.36. The number of esters is 1. The van der Waals surface area contributed by atoms with Crippen LogP contribution in [0.2, 0.25) is 0 Å². The zero-order valence-electron chi connectivity index (χ0n) is 19.2. The molecule has 0 spiro atoms. The van der Waals surface area contributed by atoms with E-state index in [1.54, 1.807) is 25.7 Å². The van der Waals surface area contributed by atoms with E-state index >= 15 is 0 Å². The molecule has 8 nitrogen and oxygen atoms in total. The lowest BCUT2D eigenvalue weighted by Crippen LogP contribution is -2.50. The van der Waals surface area contributed by atoms with Gasteiger partial charge < -0.3 is 15.0 Å². The third-order valence-electron chi connectivity index (χ3n) is 5.22. The van der Waals surface area contributed by atoms with Crippen LogP contribution in [0.4, 0.5) is 10.5 Å². The first-order valence-electron chi connectivity index (χ1n) is 10.7. The molecule has 1 fully saturated rings. The van der Waals surface area contributed by atoms with Gasteiger partial charge in [-0.2, -0.15) is 0 Å². The monoisotopic (exact) mass is 431 g/mol. The van der Waals surface area contributed by atoms with Crippen LogP contribution >= 0.6 is 0 Å². The Morgan fingerprint density at radius 3 is 2.45 bits per heavy atom. The fourth-order valence-corrected chi connectivity index (χ4v) is 3.38. The summed E-state index contributed by atoms with van der Waals surface area (Å²) in [6, 6.07) is 7.03. The fourth-order valence-electron chi connectivity index (χ4n) is 3.38. The Kier molecular flexibility index (Phi) is 7.81. The topological polar surface area (TPSA) is 105 Å². The second-order valence-electron chi connectivity index (χ2n) is 9.05. The summed E-state index contributed by atoms with van der Waals surface area (Å²) >= 11 is 0. The summed E-state index contributed by atoms with van der Waals surface area (Å²) in [6.45, 7) is 11.1. The molecule has 8 heteroatoms. The molecule has 1 saturated heterocycles. The molecule has 2 N–H and O–H groups in total. The van der Waals surface area contributed by atoms with Crippen molar-refractivity contribution in [1.29, 1.82) is 0 Å². The van der Waals surface area contributed by atoms with Crippen LogP contribution in [0.25, 0.3) is 0 Å². The SMILES string of the molecule is CC[C@H](C)c1ccccc1N1C[C@H](C(=O)O[C@@H](C)C(=O)NC(=O)NC(C)(C)C)CC1=O. The number of urea groups is 1. The Hall–Kier alpha value is -2.90. The molecule has 1 heterocycles. The number of carbonyl (C=O) groups excluding carboxylic acids is 4. The van der Waals surface area contributed by atoms with Crippen molar-refractivity contribution in [3.63, 3.8) is 0 Å². The molecule has 0 saturated carbocycles. The maximum atomic E-state index is 12.6. The third-order valence-corrected chi connectivity index (χ3v) is 5.22. The highest BCUT2D eigenvalue weighted by molar-refractivity contribution is 6.01. The van der Waals surface area contributed by atoms with Gasteiger partial charge in [0.05, 0.1) is 5.92 Å². The molecule has 3 atom stereocenters. The molecule has 170 valence electrons. The first kappa shape index (κ1) is 24.4. The van der Waals surface area contributed by atoms with E-state index in [0.29, 0.717) is 0 Å². The van der Waals surface area contributed by atoms with E-state index in [9.17, 15) is 19.2 Å². The van der Waals surface area contributed by atoms with Gasteiger partial charge in [-0.15, -0.1) is 0 Å². The number of rotatable bonds is 6. The second-order valence-corrected chi connectivity index (χ2v) is 9.05. The lowest BCUT2D eigenvalue weighted by Gasteiger charge is -2.23. The molecule has 0 bridgehead atoms. The van der Waals surface area contributed by atoms with Gasteiger partial charge in [-0.3, -0.25) is 19.7 Å². The molecule has 0 aromatic heterocycles. The van der Waals surface area contributed by atoms with E-state index in [2.05, 4.69) is 24.5 Å². The van der Waals surface area contributed by atoms with Crippen molar-refractivity contribution in [2.45, 2.75) is 71.9 Å². The molecule has 1 aliphatic heterocycles. The highest BCUT2D eigenvalue weighted by atomic mass is 16.5. The van der Waals surface area contributed by atoms with Crippen molar-refractivity contribution in [2.75, 3.05) is 11.4 Å². The normalized spacial score (nSPS) is 18.3. The van der Waals surface area contributed by atoms with Gasteiger partial charge in [-0.25, -0.2) is 4.79 Å². The fraction of sp³-hybridized carbons (Fsp3) is 0.565. The van der Waals surface area contributed by atoms with E-state index < -0.39 is 35.5 Å². The molecule has 0 radical (unpaired) electrons. The summed E-state index contributed by atoms with van der Waals surface area (Å²) in [5, 5.41) is 4.76. The van der Waals surface area contributed by atoms with Crippen LogP contribution in [0.15, 0.2) is 24.3 Å². The first-order chi connectivity index (χ1) is 14.4. The van der Waals surface area contributed by atoms with E-state index in [4.69, 9.17) is 4.74 Å². The number of amides is 4. The number of nitrogens with zero attached hydrogens (tertiary/aromatic N) is 1. The standard InChI is InChI=1S/C23H33N3O5/c1-7-14(2)17-10-8-9-11-18(17)26-13-16(12-19(26)27)21(29)31-15(3)20(28)24-22(30)25-23(4,5)6/h8-11,14-16H,7,12-13H2,1-6H3,(H2,24,25,28,30)/t14-,15-,16+/m0/s1. The Balaban J connectivity index is 2.00. The van der Waals surface area contributed by atoms with Crippen LogP contribution in [-0.2, 0) is 19.1 Å². The minimum absolute atomic E-state index is 0.0204. The molecule has 1 aromatic rings. The van der Waals surface area contributed by atoms with Gasteiger partial charge >= 0.3 is 12.0 Å². The van der Waals surface area contributed by atoms with Crippen molar-refractivity contribution in [2.24, 2.45) is 5.92 Å². The van der Waals surface area contributed by atoms with Crippen LogP contribution in [-0.4, -0.2) is 42.0 Å². The Labute approximate surface area is 183 Å². The molecule has 31 heavy (non-hydrogen) atoms. The number of anilines is 1. The zero-order chi connectivity index (χ0) is 23.3. The molecule has 4 amide bonds. The molecular weight excluding hydrogens is 398 g/mol. The van der Waals surface area contributed by atoms with Crippen LogP contribution < -0.4 is 15.5 Å². The zero-order valence-corrected chi connectivity index (χ0v) is 19.2. The molecular formula is C23H33N3O5. The number of carbonyl (C=O) groups is 4. The van der Waals surface area contributed by atoms with E-state index in [1.165, 1.54) is 6.92 Å². The van der Waals surface area contributed by atoms with Crippen molar-refractivity contribution >= 4 is 29.5 Å². The lowest BCUT2D eigenvalue weighted by molar-refractivity contribution is -0.158. The summed E-state index contributed by atoms with van der Waals surface area (Å²) in [5.74, 6) is -1.90. The Morgan fingerprint density at radius 1 is 1.19 bits per heavy atom. The van der Waals surface area contributed by atoms with E-state index in [1.807, 2.05) is 24.3 Å². The van der Waals surface area contributed by atoms with E-state index in [0.717, 1.165) is 17.7 Å².